The number of anilines is 1. The van der Waals surface area contributed by atoms with Crippen LogP contribution in [0.3, 0.4) is 0 Å². The Morgan fingerprint density at radius 1 is 1.04 bits per heavy atom. The van der Waals surface area contributed by atoms with Gasteiger partial charge in [0.05, 0.1) is 10.6 Å². The van der Waals surface area contributed by atoms with E-state index < -0.39 is 17.0 Å². The maximum atomic E-state index is 13.0. The monoisotopic (exact) mass is 359 g/mol. The van der Waals surface area contributed by atoms with Gasteiger partial charge in [0.25, 0.3) is 11.1 Å². The number of imide groups is 1. The minimum Gasteiger partial charge on any atom is -0.268 e. The van der Waals surface area contributed by atoms with E-state index in [1.807, 2.05) is 30.3 Å². The average Bonchev–Trinajstić information content (AvgIpc) is 2.83. The fraction of sp³-hybridized carbons (Fsp3) is 0. The van der Waals surface area contributed by atoms with Crippen LogP contribution in [0.25, 0.3) is 6.08 Å². The molecule has 0 N–H and O–H groups in total. The molecule has 0 aliphatic carbocycles. The number of allylic oxidation sites excluding steroid dienone is 2. The van der Waals surface area contributed by atoms with Crippen molar-refractivity contribution in [3.8, 4) is 0 Å². The summed E-state index contributed by atoms with van der Waals surface area (Å²) in [6, 6.07) is 14.6. The Bertz CT molecular complexity index is 847. The van der Waals surface area contributed by atoms with Crippen LogP contribution in [-0.2, 0) is 4.79 Å². The number of hydrogen-bond acceptors (Lipinski definition) is 3. The molecule has 0 saturated carbocycles. The first kappa shape index (κ1) is 16.5. The highest BCUT2D eigenvalue weighted by atomic mass is 35.5. The van der Waals surface area contributed by atoms with E-state index in [0.29, 0.717) is 10.7 Å². The van der Waals surface area contributed by atoms with Gasteiger partial charge >= 0.3 is 0 Å². The molecule has 0 radical (unpaired) electrons. The second-order valence-electron chi connectivity index (χ2n) is 4.93. The molecule has 2 aromatic rings. The first-order chi connectivity index (χ1) is 11.5. The van der Waals surface area contributed by atoms with Crippen molar-refractivity contribution in [3.63, 3.8) is 0 Å². The number of rotatable bonds is 3. The van der Waals surface area contributed by atoms with E-state index in [0.717, 1.165) is 22.2 Å². The van der Waals surface area contributed by atoms with E-state index in [4.69, 9.17) is 11.6 Å². The number of hydrogen-bond donors (Lipinski definition) is 0. The summed E-state index contributed by atoms with van der Waals surface area (Å²) in [6.07, 6.45) is 3.16. The third kappa shape index (κ3) is 3.58. The molecular formula is C18H11ClFNO2S. The van der Waals surface area contributed by atoms with Gasteiger partial charge in [0.2, 0.25) is 0 Å². The van der Waals surface area contributed by atoms with Crippen LogP contribution in [0.5, 0.6) is 0 Å². The SMILES string of the molecule is O=C1S/C(=C\C(Cl)=C\c2ccccc2)C(=O)N1c1ccc(F)cc1. The Balaban J connectivity index is 1.85. The minimum atomic E-state index is -0.476. The highest BCUT2D eigenvalue weighted by Gasteiger charge is 2.36. The molecule has 2 amide bonds. The molecule has 24 heavy (non-hydrogen) atoms. The van der Waals surface area contributed by atoms with Gasteiger partial charge in [-0.05, 0) is 53.7 Å². The van der Waals surface area contributed by atoms with Gasteiger partial charge in [-0.25, -0.2) is 9.29 Å². The van der Waals surface area contributed by atoms with Crippen LogP contribution in [0, 0.1) is 5.82 Å². The predicted octanol–water partition coefficient (Wildman–Crippen LogP) is 5.19. The first-order valence-electron chi connectivity index (χ1n) is 7.00. The van der Waals surface area contributed by atoms with Gasteiger partial charge in [0, 0.05) is 5.03 Å². The van der Waals surface area contributed by atoms with Crippen LogP contribution < -0.4 is 4.90 Å². The molecule has 0 unspecified atom stereocenters. The largest absolute Gasteiger partial charge is 0.298 e. The normalized spacial score (nSPS) is 17.0. The highest BCUT2D eigenvalue weighted by molar-refractivity contribution is 8.18. The second-order valence-corrected chi connectivity index (χ2v) is 6.36. The smallest absolute Gasteiger partial charge is 0.268 e. The lowest BCUT2D eigenvalue weighted by Crippen LogP contribution is -2.27. The van der Waals surface area contributed by atoms with Gasteiger partial charge in [-0.2, -0.15) is 0 Å². The van der Waals surface area contributed by atoms with Crippen molar-refractivity contribution < 1.29 is 14.0 Å². The van der Waals surface area contributed by atoms with Crippen LogP contribution in [0.4, 0.5) is 14.9 Å². The van der Waals surface area contributed by atoms with E-state index >= 15 is 0 Å². The van der Waals surface area contributed by atoms with Gasteiger partial charge in [-0.1, -0.05) is 41.9 Å². The Morgan fingerprint density at radius 3 is 2.38 bits per heavy atom. The van der Waals surface area contributed by atoms with Crippen molar-refractivity contribution in [2.75, 3.05) is 4.90 Å². The standard InChI is InChI=1S/C18H11ClFNO2S/c19-13(10-12-4-2-1-3-5-12)11-16-17(22)21(18(23)24-16)15-8-6-14(20)7-9-15/h1-11H/b13-10-,16-11-. The number of halogens is 2. The van der Waals surface area contributed by atoms with E-state index in [9.17, 15) is 14.0 Å². The molecule has 0 aromatic heterocycles. The predicted molar refractivity (Wildman–Crippen MR) is 95.2 cm³/mol. The Hall–Kier alpha value is -2.37. The number of nitrogens with zero attached hydrogens (tertiary/aromatic N) is 1. The number of carbonyl (C=O) groups is 2. The highest BCUT2D eigenvalue weighted by Crippen LogP contribution is 2.35. The van der Waals surface area contributed by atoms with E-state index in [1.165, 1.54) is 30.3 Å². The number of benzene rings is 2. The molecular weight excluding hydrogens is 349 g/mol. The molecule has 0 spiro atoms. The van der Waals surface area contributed by atoms with Gasteiger partial charge in [-0.3, -0.25) is 9.59 Å². The van der Waals surface area contributed by atoms with Gasteiger partial charge in [0.1, 0.15) is 5.82 Å². The third-order valence-corrected chi connectivity index (χ3v) is 4.34. The third-order valence-electron chi connectivity index (χ3n) is 3.25. The number of thioether (sulfide) groups is 1. The maximum absolute atomic E-state index is 13.0. The summed E-state index contributed by atoms with van der Waals surface area (Å²) < 4.78 is 13.0. The van der Waals surface area contributed by atoms with E-state index in [1.54, 1.807) is 6.08 Å². The molecule has 1 fully saturated rings. The summed E-state index contributed by atoms with van der Waals surface area (Å²) in [5, 5.41) is -0.104. The topological polar surface area (TPSA) is 37.4 Å². The molecule has 3 nitrogen and oxygen atoms in total. The van der Waals surface area contributed by atoms with Crippen LogP contribution in [-0.4, -0.2) is 11.1 Å². The zero-order chi connectivity index (χ0) is 17.1. The van der Waals surface area contributed by atoms with Gasteiger partial charge in [0.15, 0.2) is 0 Å². The summed E-state index contributed by atoms with van der Waals surface area (Å²) >= 11 is 6.96. The van der Waals surface area contributed by atoms with Crippen molar-refractivity contribution in [1.29, 1.82) is 0 Å². The maximum Gasteiger partial charge on any atom is 0.298 e. The van der Waals surface area contributed by atoms with Gasteiger partial charge < -0.3 is 0 Å². The number of amides is 2. The Labute approximate surface area is 147 Å². The van der Waals surface area contributed by atoms with Crippen molar-refractivity contribution in [1.82, 2.24) is 0 Å². The van der Waals surface area contributed by atoms with Crippen LogP contribution in [0.2, 0.25) is 0 Å². The van der Waals surface area contributed by atoms with Crippen LogP contribution in [0.1, 0.15) is 5.56 Å². The van der Waals surface area contributed by atoms with Crippen molar-refractivity contribution in [2.24, 2.45) is 0 Å². The molecule has 2 aromatic carbocycles. The molecule has 6 heteroatoms. The minimum absolute atomic E-state index is 0.224. The fourth-order valence-corrected chi connectivity index (χ4v) is 3.29. The van der Waals surface area contributed by atoms with Gasteiger partial charge in [-0.15, -0.1) is 0 Å². The van der Waals surface area contributed by atoms with Crippen LogP contribution in [0.15, 0.2) is 70.6 Å². The van der Waals surface area contributed by atoms with Crippen LogP contribution >= 0.6 is 23.4 Å². The van der Waals surface area contributed by atoms with Crippen molar-refractivity contribution in [3.05, 3.63) is 82.0 Å². The quantitative estimate of drug-likeness (QED) is 0.708. The summed E-state index contributed by atoms with van der Waals surface area (Å²) in [5.74, 6) is -0.911. The Kier molecular flexibility index (Phi) is 4.83. The molecule has 0 bridgehead atoms. The lowest BCUT2D eigenvalue weighted by molar-refractivity contribution is -0.113. The second kappa shape index (κ2) is 7.03. The molecule has 1 saturated heterocycles. The lowest BCUT2D eigenvalue weighted by Gasteiger charge is -2.11. The zero-order valence-electron chi connectivity index (χ0n) is 12.3. The summed E-state index contributed by atoms with van der Waals surface area (Å²) in [6.45, 7) is 0. The molecule has 1 heterocycles. The summed E-state index contributed by atoms with van der Waals surface area (Å²) in [7, 11) is 0. The lowest BCUT2D eigenvalue weighted by atomic mass is 10.2. The molecule has 1 aliphatic rings. The number of carbonyl (C=O) groups excluding carboxylic acids is 2. The van der Waals surface area contributed by atoms with E-state index in [2.05, 4.69) is 0 Å². The Morgan fingerprint density at radius 2 is 1.71 bits per heavy atom. The van der Waals surface area contributed by atoms with E-state index in [-0.39, 0.29) is 4.91 Å². The average molecular weight is 360 g/mol. The zero-order valence-corrected chi connectivity index (χ0v) is 13.9. The molecule has 0 atom stereocenters. The summed E-state index contributed by atoms with van der Waals surface area (Å²) in [4.78, 5) is 25.7. The molecule has 120 valence electrons. The molecule has 3 rings (SSSR count). The fourth-order valence-electron chi connectivity index (χ4n) is 2.16. The van der Waals surface area contributed by atoms with Crippen molar-refractivity contribution >= 4 is 46.3 Å². The summed E-state index contributed by atoms with van der Waals surface area (Å²) in [5.41, 5.74) is 1.21. The first-order valence-corrected chi connectivity index (χ1v) is 8.20. The molecule has 1 aliphatic heterocycles. The van der Waals surface area contributed by atoms with Crippen molar-refractivity contribution in [2.45, 2.75) is 0 Å².